The van der Waals surface area contributed by atoms with Gasteiger partial charge in [0.05, 0.1) is 11.2 Å². The Hall–Kier alpha value is -1.35. The number of rotatable bonds is 1. The number of aromatic nitrogens is 1. The second kappa shape index (κ2) is 4.97. The Morgan fingerprint density at radius 2 is 1.84 bits per heavy atom. The Balaban J connectivity index is 2.25. The van der Waals surface area contributed by atoms with Crippen molar-refractivity contribution in [1.82, 2.24) is 4.98 Å². The number of aliphatic hydroxyl groups excluding tert-OH is 1. The number of hydrogen-bond donors (Lipinski definition) is 1. The molecule has 1 fully saturated rings. The van der Waals surface area contributed by atoms with Gasteiger partial charge in [-0.15, -0.1) is 0 Å². The van der Waals surface area contributed by atoms with Crippen LogP contribution in [-0.4, -0.2) is 35.0 Å². The van der Waals surface area contributed by atoms with Gasteiger partial charge in [0.2, 0.25) is 0 Å². The van der Waals surface area contributed by atoms with E-state index in [-0.39, 0.29) is 17.8 Å². The summed E-state index contributed by atoms with van der Waals surface area (Å²) >= 11 is 0. The first-order valence-corrected chi connectivity index (χ1v) is 6.26. The first-order chi connectivity index (χ1) is 8.86. The van der Waals surface area contributed by atoms with Crippen LogP contribution >= 0.6 is 0 Å². The summed E-state index contributed by atoms with van der Waals surface area (Å²) in [6, 6.07) is 1.87. The molecule has 1 aromatic heterocycles. The summed E-state index contributed by atoms with van der Waals surface area (Å²) in [7, 11) is -0.437. The summed E-state index contributed by atoms with van der Waals surface area (Å²) in [6.07, 6.45) is 3.36. The van der Waals surface area contributed by atoms with E-state index in [9.17, 15) is 0 Å². The molecule has 0 radical (unpaired) electrons. The third-order valence-corrected chi connectivity index (χ3v) is 3.60. The van der Waals surface area contributed by atoms with Crippen LogP contribution in [0.4, 0.5) is 0 Å². The molecule has 1 aliphatic heterocycles. The van der Waals surface area contributed by atoms with Crippen molar-refractivity contribution in [3.63, 3.8) is 0 Å². The third-order valence-electron chi connectivity index (χ3n) is 3.60. The van der Waals surface area contributed by atoms with Crippen LogP contribution in [0.3, 0.4) is 0 Å². The normalized spacial score (nSPS) is 19.9. The first kappa shape index (κ1) is 14.1. The summed E-state index contributed by atoms with van der Waals surface area (Å²) in [5, 5.41) is 8.70. The van der Waals surface area contributed by atoms with Crippen molar-refractivity contribution in [3.8, 4) is 11.8 Å². The van der Waals surface area contributed by atoms with E-state index in [1.165, 1.54) is 0 Å². The van der Waals surface area contributed by atoms with Crippen LogP contribution in [-0.2, 0) is 9.31 Å². The highest BCUT2D eigenvalue weighted by molar-refractivity contribution is 6.62. The van der Waals surface area contributed by atoms with Crippen molar-refractivity contribution >= 4 is 12.6 Å². The minimum atomic E-state index is -0.437. The topological polar surface area (TPSA) is 51.6 Å². The minimum Gasteiger partial charge on any atom is -0.399 e. The molecule has 4 nitrogen and oxygen atoms in total. The van der Waals surface area contributed by atoms with Gasteiger partial charge in [-0.1, -0.05) is 11.8 Å². The molecule has 19 heavy (non-hydrogen) atoms. The van der Waals surface area contributed by atoms with Crippen molar-refractivity contribution in [2.75, 3.05) is 6.61 Å². The van der Waals surface area contributed by atoms with Gasteiger partial charge in [-0.05, 0) is 33.8 Å². The van der Waals surface area contributed by atoms with E-state index < -0.39 is 7.12 Å². The molecule has 0 amide bonds. The Kier molecular flexibility index (Phi) is 3.68. The zero-order valence-corrected chi connectivity index (χ0v) is 11.7. The van der Waals surface area contributed by atoms with E-state index in [1.807, 2.05) is 33.8 Å². The number of hydrogen-bond acceptors (Lipinski definition) is 4. The van der Waals surface area contributed by atoms with Crippen LogP contribution in [0.1, 0.15) is 33.3 Å². The molecular formula is C14H18BNO3. The van der Waals surface area contributed by atoms with Crippen LogP contribution in [0.15, 0.2) is 18.5 Å². The lowest BCUT2D eigenvalue weighted by Crippen LogP contribution is -2.41. The fourth-order valence-electron chi connectivity index (χ4n) is 1.78. The summed E-state index contributed by atoms with van der Waals surface area (Å²) in [5.41, 5.74) is 0.833. The highest BCUT2D eigenvalue weighted by atomic mass is 16.7. The van der Waals surface area contributed by atoms with Crippen molar-refractivity contribution in [2.24, 2.45) is 0 Å². The number of pyridine rings is 1. The van der Waals surface area contributed by atoms with Gasteiger partial charge in [-0.25, -0.2) is 0 Å². The molecular weight excluding hydrogens is 241 g/mol. The Bertz CT molecular complexity index is 515. The average molecular weight is 259 g/mol. The maximum atomic E-state index is 8.70. The first-order valence-electron chi connectivity index (χ1n) is 6.26. The predicted molar refractivity (Wildman–Crippen MR) is 73.9 cm³/mol. The van der Waals surface area contributed by atoms with Crippen LogP contribution in [0.2, 0.25) is 0 Å². The molecule has 0 unspecified atom stereocenters. The molecule has 100 valence electrons. The Morgan fingerprint density at radius 3 is 2.42 bits per heavy atom. The maximum absolute atomic E-state index is 8.70. The summed E-state index contributed by atoms with van der Waals surface area (Å²) < 4.78 is 11.9. The molecule has 0 aliphatic carbocycles. The zero-order chi connectivity index (χ0) is 14.1. The van der Waals surface area contributed by atoms with Gasteiger partial charge >= 0.3 is 7.12 Å². The van der Waals surface area contributed by atoms with E-state index in [1.54, 1.807) is 12.4 Å². The van der Waals surface area contributed by atoms with Gasteiger partial charge in [-0.2, -0.15) is 0 Å². The van der Waals surface area contributed by atoms with Crippen LogP contribution in [0.5, 0.6) is 0 Å². The lowest BCUT2D eigenvalue weighted by Gasteiger charge is -2.32. The van der Waals surface area contributed by atoms with E-state index in [0.717, 1.165) is 11.0 Å². The monoisotopic (exact) mass is 259 g/mol. The average Bonchev–Trinajstić information content (AvgIpc) is 2.56. The van der Waals surface area contributed by atoms with Crippen LogP contribution < -0.4 is 5.46 Å². The summed E-state index contributed by atoms with van der Waals surface area (Å²) in [6.45, 7) is 7.87. The van der Waals surface area contributed by atoms with E-state index in [4.69, 9.17) is 14.4 Å². The third kappa shape index (κ3) is 2.81. The molecule has 1 saturated heterocycles. The smallest absolute Gasteiger partial charge is 0.399 e. The molecule has 2 rings (SSSR count). The number of aliphatic hydroxyl groups is 1. The van der Waals surface area contributed by atoms with Gasteiger partial charge in [0.25, 0.3) is 0 Å². The van der Waals surface area contributed by atoms with Gasteiger partial charge in [0, 0.05) is 23.4 Å². The molecule has 1 aromatic rings. The zero-order valence-electron chi connectivity index (χ0n) is 11.7. The second-order valence-electron chi connectivity index (χ2n) is 5.56. The van der Waals surface area contributed by atoms with E-state index >= 15 is 0 Å². The minimum absolute atomic E-state index is 0.166. The fourth-order valence-corrected chi connectivity index (χ4v) is 1.78. The van der Waals surface area contributed by atoms with Crippen LogP contribution in [0.25, 0.3) is 0 Å². The Labute approximate surface area is 114 Å². The Morgan fingerprint density at radius 1 is 1.21 bits per heavy atom. The molecule has 1 aliphatic rings. The summed E-state index contributed by atoms with van der Waals surface area (Å²) in [4.78, 5) is 4.13. The molecule has 5 heteroatoms. The second-order valence-corrected chi connectivity index (χ2v) is 5.56. The molecule has 0 atom stereocenters. The van der Waals surface area contributed by atoms with Gasteiger partial charge < -0.3 is 14.4 Å². The quantitative estimate of drug-likeness (QED) is 0.596. The van der Waals surface area contributed by atoms with E-state index in [0.29, 0.717) is 0 Å². The lowest BCUT2D eigenvalue weighted by molar-refractivity contribution is 0.00578. The molecule has 0 aromatic carbocycles. The SMILES string of the molecule is CC1(C)OB(c2cncc(C#CCO)c2)OC1(C)C. The maximum Gasteiger partial charge on any atom is 0.496 e. The van der Waals surface area contributed by atoms with Gasteiger partial charge in [-0.3, -0.25) is 4.98 Å². The fraction of sp³-hybridized carbons (Fsp3) is 0.500. The van der Waals surface area contributed by atoms with Gasteiger partial charge in [0.1, 0.15) is 6.61 Å². The molecule has 0 spiro atoms. The standard InChI is InChI=1S/C14H18BNO3/c1-13(2)14(3,4)19-15(18-13)12-8-11(6-5-7-17)9-16-10-12/h8-10,17H,7H2,1-4H3. The highest BCUT2D eigenvalue weighted by Crippen LogP contribution is 2.36. The van der Waals surface area contributed by atoms with Crippen molar-refractivity contribution in [3.05, 3.63) is 24.0 Å². The van der Waals surface area contributed by atoms with E-state index in [2.05, 4.69) is 16.8 Å². The summed E-state index contributed by atoms with van der Waals surface area (Å²) in [5.74, 6) is 5.42. The van der Waals surface area contributed by atoms with Crippen molar-refractivity contribution in [2.45, 2.75) is 38.9 Å². The predicted octanol–water partition coefficient (Wildman–Crippen LogP) is 0.725. The molecule has 2 heterocycles. The molecule has 0 bridgehead atoms. The molecule has 1 N–H and O–H groups in total. The molecule has 0 saturated carbocycles. The number of nitrogens with zero attached hydrogens (tertiary/aromatic N) is 1. The van der Waals surface area contributed by atoms with Gasteiger partial charge in [0.15, 0.2) is 0 Å². The van der Waals surface area contributed by atoms with Crippen molar-refractivity contribution < 1.29 is 14.4 Å². The highest BCUT2D eigenvalue weighted by Gasteiger charge is 2.51. The van der Waals surface area contributed by atoms with Crippen molar-refractivity contribution in [1.29, 1.82) is 0 Å². The largest absolute Gasteiger partial charge is 0.496 e. The lowest BCUT2D eigenvalue weighted by atomic mass is 9.80. The van der Waals surface area contributed by atoms with Crippen LogP contribution in [0, 0.1) is 11.8 Å².